The van der Waals surface area contributed by atoms with Crippen LogP contribution in [0.5, 0.6) is 5.88 Å². The Morgan fingerprint density at radius 3 is 3.18 bits per heavy atom. The number of nitrogens with one attached hydrogen (secondary N) is 2. The van der Waals surface area contributed by atoms with E-state index >= 15 is 0 Å². The van der Waals surface area contributed by atoms with Crippen LogP contribution in [0.1, 0.15) is 12.8 Å². The summed E-state index contributed by atoms with van der Waals surface area (Å²) in [6.07, 6.45) is 5.27. The monoisotopic (exact) mass is 234 g/mol. The first kappa shape index (κ1) is 11.3. The molecule has 0 spiro atoms. The normalized spacial score (nSPS) is 10.4. The predicted octanol–water partition coefficient (Wildman–Crippen LogP) is 0.984. The number of aromatic amines is 1. The van der Waals surface area contributed by atoms with Gasteiger partial charge in [-0.05, 0) is 12.8 Å². The summed E-state index contributed by atoms with van der Waals surface area (Å²) < 4.78 is 5.57. The van der Waals surface area contributed by atoms with Crippen LogP contribution in [0, 0.1) is 0 Å². The number of aromatic nitrogens is 4. The summed E-state index contributed by atoms with van der Waals surface area (Å²) >= 11 is 0. The molecule has 0 aromatic carbocycles. The third-order valence-electron chi connectivity index (χ3n) is 2.20. The van der Waals surface area contributed by atoms with Gasteiger partial charge >= 0.3 is 0 Å². The molecule has 7 nitrogen and oxygen atoms in total. The van der Waals surface area contributed by atoms with Crippen LogP contribution >= 0.6 is 0 Å². The lowest BCUT2D eigenvalue weighted by atomic mass is 10.3. The molecule has 7 heteroatoms. The molecule has 0 radical (unpaired) electrons. The van der Waals surface area contributed by atoms with Gasteiger partial charge in [-0.3, -0.25) is 10.5 Å². The lowest BCUT2D eigenvalue weighted by Gasteiger charge is -2.06. The summed E-state index contributed by atoms with van der Waals surface area (Å²) in [6.45, 7) is 4.21. The molecular weight excluding hydrogens is 220 g/mol. The van der Waals surface area contributed by atoms with Crippen molar-refractivity contribution in [2.24, 2.45) is 5.84 Å². The Hall–Kier alpha value is -2.15. The zero-order valence-electron chi connectivity index (χ0n) is 9.31. The van der Waals surface area contributed by atoms with Crippen LogP contribution in [0.15, 0.2) is 18.9 Å². The van der Waals surface area contributed by atoms with Gasteiger partial charge in [-0.25, -0.2) is 5.84 Å². The van der Waals surface area contributed by atoms with E-state index in [-0.39, 0.29) is 0 Å². The van der Waals surface area contributed by atoms with Gasteiger partial charge in [-0.2, -0.15) is 15.1 Å². The maximum atomic E-state index is 5.57. The Morgan fingerprint density at radius 1 is 1.53 bits per heavy atom. The van der Waals surface area contributed by atoms with Gasteiger partial charge in [0.25, 0.3) is 0 Å². The molecule has 0 aliphatic carbocycles. The number of allylic oxidation sites excluding steroid dienone is 1. The highest BCUT2D eigenvalue weighted by atomic mass is 16.5. The second-order valence-corrected chi connectivity index (χ2v) is 3.41. The van der Waals surface area contributed by atoms with Crippen molar-refractivity contribution in [2.75, 3.05) is 12.0 Å². The van der Waals surface area contributed by atoms with Crippen LogP contribution in [0.2, 0.25) is 0 Å². The molecule has 0 amide bonds. The van der Waals surface area contributed by atoms with E-state index in [1.165, 1.54) is 0 Å². The number of unbranched alkanes of at least 4 members (excludes halogenated alkanes) is 1. The lowest BCUT2D eigenvalue weighted by molar-refractivity contribution is 0.304. The lowest BCUT2D eigenvalue weighted by Crippen LogP contribution is -2.11. The average molecular weight is 234 g/mol. The third kappa shape index (κ3) is 2.51. The van der Waals surface area contributed by atoms with E-state index < -0.39 is 0 Å². The third-order valence-corrected chi connectivity index (χ3v) is 2.20. The van der Waals surface area contributed by atoms with Gasteiger partial charge in [0.1, 0.15) is 5.39 Å². The zero-order chi connectivity index (χ0) is 12.1. The number of nitrogens with zero attached hydrogens (tertiary/aromatic N) is 3. The summed E-state index contributed by atoms with van der Waals surface area (Å²) in [4.78, 5) is 8.23. The summed E-state index contributed by atoms with van der Waals surface area (Å²) in [5, 5.41) is 7.37. The van der Waals surface area contributed by atoms with Gasteiger partial charge in [0, 0.05) is 0 Å². The molecule has 0 unspecified atom stereocenters. The standard InChI is InChI=1S/C10H14N6O/c1-2-3-4-5-17-9-7-6-12-16-8(7)13-10(14-9)15-11/h2,6H,1,3-5,11H2,(H2,12,13,14,15,16). The summed E-state index contributed by atoms with van der Waals surface area (Å²) in [6, 6.07) is 0. The molecule has 0 aliphatic rings. The Labute approximate surface area is 98.1 Å². The average Bonchev–Trinajstić information content (AvgIpc) is 2.82. The second-order valence-electron chi connectivity index (χ2n) is 3.41. The molecular formula is C10H14N6O. The maximum Gasteiger partial charge on any atom is 0.242 e. The molecule has 0 fully saturated rings. The smallest absolute Gasteiger partial charge is 0.242 e. The Bertz CT molecular complexity index is 508. The fraction of sp³-hybridized carbons (Fsp3) is 0.300. The highest BCUT2D eigenvalue weighted by molar-refractivity contribution is 5.80. The number of H-pyrrole nitrogens is 1. The Kier molecular flexibility index (Phi) is 3.51. The minimum atomic E-state index is 0.292. The van der Waals surface area contributed by atoms with Crippen molar-refractivity contribution in [3.8, 4) is 5.88 Å². The molecule has 4 N–H and O–H groups in total. The molecule has 2 aromatic rings. The first-order valence-electron chi connectivity index (χ1n) is 5.26. The summed E-state index contributed by atoms with van der Waals surface area (Å²) in [7, 11) is 0. The minimum absolute atomic E-state index is 0.292. The summed E-state index contributed by atoms with van der Waals surface area (Å²) in [5.41, 5.74) is 2.97. The first-order chi connectivity index (χ1) is 8.35. The first-order valence-corrected chi connectivity index (χ1v) is 5.26. The van der Waals surface area contributed by atoms with Crippen molar-refractivity contribution < 1.29 is 4.74 Å². The molecule has 17 heavy (non-hydrogen) atoms. The summed E-state index contributed by atoms with van der Waals surface area (Å²) in [5.74, 6) is 6.04. The minimum Gasteiger partial charge on any atom is -0.477 e. The molecule has 2 heterocycles. The van der Waals surface area contributed by atoms with E-state index in [1.807, 2.05) is 6.08 Å². The Morgan fingerprint density at radius 2 is 2.41 bits per heavy atom. The number of hydrogen-bond acceptors (Lipinski definition) is 6. The van der Waals surface area contributed by atoms with Gasteiger partial charge in [-0.1, -0.05) is 6.08 Å². The number of nitrogen functional groups attached to an aromatic ring is 1. The van der Waals surface area contributed by atoms with Crippen LogP contribution in [0.4, 0.5) is 5.95 Å². The van der Waals surface area contributed by atoms with E-state index in [0.717, 1.165) is 18.2 Å². The van der Waals surface area contributed by atoms with Crippen LogP contribution in [-0.2, 0) is 0 Å². The topological polar surface area (TPSA) is 102 Å². The molecule has 0 aliphatic heterocycles. The van der Waals surface area contributed by atoms with Gasteiger partial charge < -0.3 is 4.74 Å². The quantitative estimate of drug-likeness (QED) is 0.298. The Balaban J connectivity index is 2.18. The second kappa shape index (κ2) is 5.26. The number of rotatable bonds is 6. The highest BCUT2D eigenvalue weighted by Crippen LogP contribution is 2.21. The van der Waals surface area contributed by atoms with E-state index in [0.29, 0.717) is 24.1 Å². The van der Waals surface area contributed by atoms with Crippen molar-refractivity contribution in [2.45, 2.75) is 12.8 Å². The van der Waals surface area contributed by atoms with Crippen molar-refractivity contribution >= 4 is 17.0 Å². The number of hydrogen-bond donors (Lipinski definition) is 3. The number of ether oxygens (including phenoxy) is 1. The van der Waals surface area contributed by atoms with Crippen molar-refractivity contribution in [1.29, 1.82) is 0 Å². The largest absolute Gasteiger partial charge is 0.477 e. The van der Waals surface area contributed by atoms with Crippen molar-refractivity contribution in [3.63, 3.8) is 0 Å². The molecule has 90 valence electrons. The number of hydrazine groups is 1. The number of nitrogens with two attached hydrogens (primary N) is 1. The van der Waals surface area contributed by atoms with E-state index in [1.54, 1.807) is 6.20 Å². The molecule has 2 aromatic heterocycles. The van der Waals surface area contributed by atoms with E-state index in [2.05, 4.69) is 32.2 Å². The van der Waals surface area contributed by atoms with Crippen LogP contribution < -0.4 is 16.0 Å². The fourth-order valence-electron chi connectivity index (χ4n) is 1.38. The van der Waals surface area contributed by atoms with Gasteiger partial charge in [0.05, 0.1) is 12.8 Å². The molecule has 0 bridgehead atoms. The van der Waals surface area contributed by atoms with Crippen LogP contribution in [0.25, 0.3) is 11.0 Å². The van der Waals surface area contributed by atoms with E-state index in [4.69, 9.17) is 10.6 Å². The number of fused-ring (bicyclic) bond motifs is 1. The van der Waals surface area contributed by atoms with Crippen LogP contribution in [0.3, 0.4) is 0 Å². The van der Waals surface area contributed by atoms with E-state index in [9.17, 15) is 0 Å². The van der Waals surface area contributed by atoms with Gasteiger partial charge in [0.2, 0.25) is 11.8 Å². The van der Waals surface area contributed by atoms with Crippen molar-refractivity contribution in [1.82, 2.24) is 20.2 Å². The van der Waals surface area contributed by atoms with Gasteiger partial charge in [0.15, 0.2) is 5.65 Å². The molecule has 0 saturated carbocycles. The highest BCUT2D eigenvalue weighted by Gasteiger charge is 2.09. The SMILES string of the molecule is C=CCCCOc1nc(NN)nc2[nH]ncc12. The predicted molar refractivity (Wildman–Crippen MR) is 64.4 cm³/mol. The molecule has 0 saturated heterocycles. The van der Waals surface area contributed by atoms with Crippen molar-refractivity contribution in [3.05, 3.63) is 18.9 Å². The maximum absolute atomic E-state index is 5.57. The fourth-order valence-corrected chi connectivity index (χ4v) is 1.38. The molecule has 0 atom stereocenters. The van der Waals surface area contributed by atoms with Crippen LogP contribution in [-0.4, -0.2) is 26.8 Å². The zero-order valence-corrected chi connectivity index (χ0v) is 9.31. The van der Waals surface area contributed by atoms with Gasteiger partial charge in [-0.15, -0.1) is 6.58 Å². The molecule has 2 rings (SSSR count). The number of anilines is 1.